The van der Waals surface area contributed by atoms with Gasteiger partial charge in [-0.05, 0) is 44.8 Å². The summed E-state index contributed by atoms with van der Waals surface area (Å²) in [6.07, 6.45) is 3.78. The number of rotatable bonds is 5. The van der Waals surface area contributed by atoms with Crippen molar-refractivity contribution in [2.24, 2.45) is 11.8 Å². The predicted molar refractivity (Wildman–Crippen MR) is 71.9 cm³/mol. The molecule has 17 heavy (non-hydrogen) atoms. The van der Waals surface area contributed by atoms with Crippen LogP contribution in [0.4, 0.5) is 0 Å². The van der Waals surface area contributed by atoms with Crippen molar-refractivity contribution in [3.05, 3.63) is 0 Å². The Morgan fingerprint density at radius 1 is 1.35 bits per heavy atom. The Morgan fingerprint density at radius 2 is 1.94 bits per heavy atom. The summed E-state index contributed by atoms with van der Waals surface area (Å²) in [5, 5.41) is 0. The summed E-state index contributed by atoms with van der Waals surface area (Å²) in [7, 11) is 1.93. The number of nitrogens with zero attached hydrogens (tertiary/aromatic N) is 2. The first-order chi connectivity index (χ1) is 8.04. The number of hydrogen-bond acceptors (Lipinski definition) is 2. The molecular formula is C14H28N2O. The van der Waals surface area contributed by atoms with E-state index in [0.717, 1.165) is 12.5 Å². The van der Waals surface area contributed by atoms with E-state index in [1.165, 1.54) is 38.9 Å². The van der Waals surface area contributed by atoms with E-state index in [1.54, 1.807) is 0 Å². The van der Waals surface area contributed by atoms with Gasteiger partial charge >= 0.3 is 0 Å². The molecule has 0 aromatic rings. The monoisotopic (exact) mass is 240 g/mol. The Hall–Kier alpha value is -0.570. The largest absolute Gasteiger partial charge is 0.346 e. The van der Waals surface area contributed by atoms with Crippen molar-refractivity contribution in [3.8, 4) is 0 Å². The van der Waals surface area contributed by atoms with Crippen LogP contribution in [0.15, 0.2) is 0 Å². The number of hydrogen-bond donors (Lipinski definition) is 0. The SMILES string of the molecule is CCN1CCC(CCN(C)C(=O)C(C)C)CC1. The van der Waals surface area contributed by atoms with Gasteiger partial charge < -0.3 is 9.80 Å². The molecule has 1 aliphatic rings. The van der Waals surface area contributed by atoms with Crippen LogP contribution < -0.4 is 0 Å². The van der Waals surface area contributed by atoms with Crippen molar-refractivity contribution >= 4 is 5.91 Å². The summed E-state index contributed by atoms with van der Waals surface area (Å²) < 4.78 is 0. The van der Waals surface area contributed by atoms with Crippen LogP contribution in [0.25, 0.3) is 0 Å². The Morgan fingerprint density at radius 3 is 2.41 bits per heavy atom. The molecular weight excluding hydrogens is 212 g/mol. The van der Waals surface area contributed by atoms with Crippen LogP contribution in [0.3, 0.4) is 0 Å². The van der Waals surface area contributed by atoms with Gasteiger partial charge in [-0.1, -0.05) is 20.8 Å². The highest BCUT2D eigenvalue weighted by Crippen LogP contribution is 2.20. The van der Waals surface area contributed by atoms with E-state index < -0.39 is 0 Å². The second kappa shape index (κ2) is 7.00. The molecule has 0 saturated carbocycles. The van der Waals surface area contributed by atoms with E-state index in [1.807, 2.05) is 25.8 Å². The lowest BCUT2D eigenvalue weighted by atomic mass is 9.93. The highest BCUT2D eigenvalue weighted by atomic mass is 16.2. The van der Waals surface area contributed by atoms with E-state index in [9.17, 15) is 4.79 Å². The minimum atomic E-state index is 0.127. The van der Waals surface area contributed by atoms with Crippen LogP contribution in [0, 0.1) is 11.8 Å². The Bertz CT molecular complexity index is 232. The molecule has 100 valence electrons. The van der Waals surface area contributed by atoms with Gasteiger partial charge in [-0.2, -0.15) is 0 Å². The lowest BCUT2D eigenvalue weighted by Crippen LogP contribution is -2.36. The molecule has 1 saturated heterocycles. The molecule has 0 N–H and O–H groups in total. The second-order valence-electron chi connectivity index (χ2n) is 5.58. The van der Waals surface area contributed by atoms with Crippen LogP contribution in [0.1, 0.15) is 40.0 Å². The Kier molecular flexibility index (Phi) is 5.96. The van der Waals surface area contributed by atoms with Crippen LogP contribution in [0.2, 0.25) is 0 Å². The molecule has 0 radical (unpaired) electrons. The van der Waals surface area contributed by atoms with Gasteiger partial charge in [0.2, 0.25) is 5.91 Å². The zero-order chi connectivity index (χ0) is 12.8. The number of carbonyl (C=O) groups excluding carboxylic acids is 1. The fourth-order valence-corrected chi connectivity index (χ4v) is 2.52. The number of carbonyl (C=O) groups is 1. The van der Waals surface area contributed by atoms with Crippen LogP contribution >= 0.6 is 0 Å². The van der Waals surface area contributed by atoms with Crippen LogP contribution in [0.5, 0.6) is 0 Å². The average Bonchev–Trinajstić information content (AvgIpc) is 2.35. The van der Waals surface area contributed by atoms with Crippen molar-refractivity contribution in [2.45, 2.75) is 40.0 Å². The fraction of sp³-hybridized carbons (Fsp3) is 0.929. The molecule has 0 atom stereocenters. The average molecular weight is 240 g/mol. The first-order valence-corrected chi connectivity index (χ1v) is 7.02. The highest BCUT2D eigenvalue weighted by Gasteiger charge is 2.19. The molecule has 0 spiro atoms. The standard InChI is InChI=1S/C14H28N2O/c1-5-16-10-7-13(8-11-16)6-9-15(4)14(17)12(2)3/h12-13H,5-11H2,1-4H3. The van der Waals surface area contributed by atoms with Crippen LogP contribution in [-0.4, -0.2) is 48.9 Å². The number of amides is 1. The maximum Gasteiger partial charge on any atom is 0.224 e. The number of piperidine rings is 1. The zero-order valence-electron chi connectivity index (χ0n) is 11.9. The fourth-order valence-electron chi connectivity index (χ4n) is 2.52. The molecule has 1 amide bonds. The topological polar surface area (TPSA) is 23.6 Å². The highest BCUT2D eigenvalue weighted by molar-refractivity contribution is 5.77. The van der Waals surface area contributed by atoms with Gasteiger partial charge in [-0.25, -0.2) is 0 Å². The minimum absolute atomic E-state index is 0.127. The van der Waals surface area contributed by atoms with Crippen LogP contribution in [-0.2, 0) is 4.79 Å². The summed E-state index contributed by atoms with van der Waals surface area (Å²) in [5.41, 5.74) is 0. The summed E-state index contributed by atoms with van der Waals surface area (Å²) >= 11 is 0. The third-order valence-electron chi connectivity index (χ3n) is 3.90. The molecule has 0 bridgehead atoms. The van der Waals surface area contributed by atoms with Crippen molar-refractivity contribution in [1.29, 1.82) is 0 Å². The predicted octanol–water partition coefficient (Wildman–Crippen LogP) is 2.22. The van der Waals surface area contributed by atoms with Crippen molar-refractivity contribution in [2.75, 3.05) is 33.2 Å². The number of likely N-dealkylation sites (tertiary alicyclic amines) is 1. The summed E-state index contributed by atoms with van der Waals surface area (Å²) in [6.45, 7) is 10.8. The van der Waals surface area contributed by atoms with E-state index >= 15 is 0 Å². The molecule has 1 heterocycles. The zero-order valence-corrected chi connectivity index (χ0v) is 11.9. The van der Waals surface area contributed by atoms with Gasteiger partial charge in [0.25, 0.3) is 0 Å². The van der Waals surface area contributed by atoms with E-state index in [2.05, 4.69) is 11.8 Å². The summed E-state index contributed by atoms with van der Waals surface area (Å²) in [6, 6.07) is 0. The molecule has 1 rings (SSSR count). The van der Waals surface area contributed by atoms with Crippen molar-refractivity contribution < 1.29 is 4.79 Å². The molecule has 0 aromatic heterocycles. The van der Waals surface area contributed by atoms with E-state index in [-0.39, 0.29) is 11.8 Å². The normalized spacial score (nSPS) is 18.6. The smallest absolute Gasteiger partial charge is 0.224 e. The summed E-state index contributed by atoms with van der Waals surface area (Å²) in [4.78, 5) is 16.1. The van der Waals surface area contributed by atoms with Gasteiger partial charge in [0.1, 0.15) is 0 Å². The first-order valence-electron chi connectivity index (χ1n) is 7.02. The Labute approximate surface area is 106 Å². The molecule has 1 aliphatic heterocycles. The van der Waals surface area contributed by atoms with Gasteiger partial charge in [0.05, 0.1) is 0 Å². The summed E-state index contributed by atoms with van der Waals surface area (Å²) in [5.74, 6) is 1.22. The van der Waals surface area contributed by atoms with Gasteiger partial charge in [-0.3, -0.25) is 4.79 Å². The molecule has 0 aliphatic carbocycles. The minimum Gasteiger partial charge on any atom is -0.346 e. The molecule has 1 fully saturated rings. The molecule has 3 heteroatoms. The maximum atomic E-state index is 11.7. The lowest BCUT2D eigenvalue weighted by Gasteiger charge is -2.32. The van der Waals surface area contributed by atoms with Gasteiger partial charge in [-0.15, -0.1) is 0 Å². The van der Waals surface area contributed by atoms with E-state index in [4.69, 9.17) is 0 Å². The quantitative estimate of drug-likeness (QED) is 0.735. The third kappa shape index (κ3) is 4.66. The molecule has 3 nitrogen and oxygen atoms in total. The Balaban J connectivity index is 2.21. The first kappa shape index (κ1) is 14.5. The van der Waals surface area contributed by atoms with Crippen molar-refractivity contribution in [3.63, 3.8) is 0 Å². The van der Waals surface area contributed by atoms with Crippen molar-refractivity contribution in [1.82, 2.24) is 9.80 Å². The lowest BCUT2D eigenvalue weighted by molar-refractivity contribution is -0.133. The maximum absolute atomic E-state index is 11.7. The second-order valence-corrected chi connectivity index (χ2v) is 5.58. The molecule has 0 unspecified atom stereocenters. The van der Waals surface area contributed by atoms with Gasteiger partial charge in [0.15, 0.2) is 0 Å². The molecule has 0 aromatic carbocycles. The third-order valence-corrected chi connectivity index (χ3v) is 3.90. The van der Waals surface area contributed by atoms with E-state index in [0.29, 0.717) is 0 Å². The van der Waals surface area contributed by atoms with Gasteiger partial charge in [0, 0.05) is 19.5 Å².